The first-order valence-corrected chi connectivity index (χ1v) is 5.14. The minimum Gasteiger partial charge on any atom is -0.460 e. The molecule has 1 aromatic rings. The number of carbonyl (C=O) groups excluding carboxylic acids is 1. The van der Waals surface area contributed by atoms with Crippen LogP contribution < -0.4 is 9.47 Å². The average Bonchev–Trinajstić information content (AvgIpc) is 2.37. The van der Waals surface area contributed by atoms with Crippen LogP contribution in [-0.2, 0) is 9.53 Å². The summed E-state index contributed by atoms with van der Waals surface area (Å²) >= 11 is 0. The van der Waals surface area contributed by atoms with Crippen molar-refractivity contribution in [2.75, 3.05) is 6.61 Å². The van der Waals surface area contributed by atoms with E-state index >= 15 is 0 Å². The largest absolute Gasteiger partial charge is 0.484 e. The molecule has 0 aromatic heterocycles. The molecule has 7 heteroatoms. The Balaban J connectivity index is 2.40. The molecule has 0 unspecified atom stereocenters. The summed E-state index contributed by atoms with van der Waals surface area (Å²) in [6, 6.07) is 6.32. The van der Waals surface area contributed by atoms with Crippen molar-refractivity contribution < 1.29 is 23.9 Å². The quantitative estimate of drug-likeness (QED) is 0.459. The lowest BCUT2D eigenvalue weighted by atomic mass is 10.3. The lowest BCUT2D eigenvalue weighted by Crippen LogP contribution is -2.24. The number of carbonyl (C=O) groups is 1. The molecule has 0 saturated carbocycles. The Labute approximate surface area is 102 Å². The third-order valence-electron chi connectivity index (χ3n) is 2.09. The summed E-state index contributed by atoms with van der Waals surface area (Å²) in [6.07, 6.45) is 0. The summed E-state index contributed by atoms with van der Waals surface area (Å²) in [5, 5.41) is 10.8. The van der Waals surface area contributed by atoms with Crippen LogP contribution in [0.4, 0.5) is 0 Å². The van der Waals surface area contributed by atoms with Gasteiger partial charge in [-0.2, -0.15) is 0 Å². The smallest absolute Gasteiger partial charge is 0.460 e. The third kappa shape index (κ3) is 2.10. The first kappa shape index (κ1) is 11.9. The Kier molecular flexibility index (Phi) is 3.13. The van der Waals surface area contributed by atoms with E-state index in [4.69, 9.17) is 9.47 Å². The molecular formula is C11H9NO6. The van der Waals surface area contributed by atoms with Crippen LogP contribution in [0.3, 0.4) is 0 Å². The summed E-state index contributed by atoms with van der Waals surface area (Å²) in [7, 11) is 0. The van der Waals surface area contributed by atoms with Gasteiger partial charge in [0.15, 0.2) is 11.5 Å². The van der Waals surface area contributed by atoms with E-state index in [2.05, 4.69) is 4.74 Å². The highest BCUT2D eigenvalue weighted by molar-refractivity contribution is 5.87. The van der Waals surface area contributed by atoms with E-state index in [1.54, 1.807) is 19.1 Å². The normalized spacial score (nSPS) is 13.2. The van der Waals surface area contributed by atoms with Crippen molar-refractivity contribution >= 4 is 5.97 Å². The summed E-state index contributed by atoms with van der Waals surface area (Å²) in [6.45, 7) is 1.67. The maximum absolute atomic E-state index is 11.5. The number of nitro groups is 1. The maximum atomic E-state index is 11.5. The summed E-state index contributed by atoms with van der Waals surface area (Å²) in [5.74, 6) is -1.85. The molecule has 94 valence electrons. The van der Waals surface area contributed by atoms with Crippen LogP contribution in [0.5, 0.6) is 11.5 Å². The van der Waals surface area contributed by atoms with Crippen LogP contribution in [0, 0.1) is 10.1 Å². The van der Waals surface area contributed by atoms with Gasteiger partial charge in [0.05, 0.1) is 6.61 Å². The third-order valence-corrected chi connectivity index (χ3v) is 2.09. The van der Waals surface area contributed by atoms with Crippen LogP contribution in [0.25, 0.3) is 0 Å². The molecule has 18 heavy (non-hydrogen) atoms. The van der Waals surface area contributed by atoms with Gasteiger partial charge in [-0.05, 0) is 19.1 Å². The van der Waals surface area contributed by atoms with Gasteiger partial charge in [0, 0.05) is 0 Å². The number of esters is 1. The summed E-state index contributed by atoms with van der Waals surface area (Å²) in [5.41, 5.74) is 0. The summed E-state index contributed by atoms with van der Waals surface area (Å²) < 4.78 is 14.9. The van der Waals surface area contributed by atoms with E-state index in [9.17, 15) is 14.9 Å². The zero-order valence-electron chi connectivity index (χ0n) is 9.41. The van der Waals surface area contributed by atoms with Crippen molar-refractivity contribution in [3.05, 3.63) is 46.0 Å². The van der Waals surface area contributed by atoms with Crippen LogP contribution in [-0.4, -0.2) is 17.5 Å². The number of rotatable bonds is 3. The van der Waals surface area contributed by atoms with Gasteiger partial charge < -0.3 is 14.2 Å². The second kappa shape index (κ2) is 4.74. The van der Waals surface area contributed by atoms with Crippen molar-refractivity contribution in [3.63, 3.8) is 0 Å². The number of fused-ring (bicyclic) bond motifs is 1. The van der Waals surface area contributed by atoms with Gasteiger partial charge in [0.1, 0.15) is 4.92 Å². The van der Waals surface area contributed by atoms with Gasteiger partial charge in [-0.25, -0.2) is 4.79 Å². The fourth-order valence-electron chi connectivity index (χ4n) is 1.37. The molecule has 0 atom stereocenters. The SMILES string of the molecule is CCOC(=O)C1=C([N+](=O)[O-])Oc2ccccc2O1. The Morgan fingerprint density at radius 3 is 2.50 bits per heavy atom. The van der Waals surface area contributed by atoms with E-state index in [1.165, 1.54) is 12.1 Å². The Morgan fingerprint density at radius 2 is 1.94 bits per heavy atom. The molecule has 2 rings (SSSR count). The Hall–Kier alpha value is -2.57. The van der Waals surface area contributed by atoms with Crippen LogP contribution in [0.1, 0.15) is 6.92 Å². The molecule has 0 saturated heterocycles. The predicted molar refractivity (Wildman–Crippen MR) is 58.4 cm³/mol. The van der Waals surface area contributed by atoms with Crippen LogP contribution in [0.2, 0.25) is 0 Å². The summed E-state index contributed by atoms with van der Waals surface area (Å²) in [4.78, 5) is 21.5. The fraction of sp³-hybridized carbons (Fsp3) is 0.182. The van der Waals surface area contributed by atoms with Crippen molar-refractivity contribution in [1.29, 1.82) is 0 Å². The zero-order valence-corrected chi connectivity index (χ0v) is 9.41. The molecule has 7 nitrogen and oxygen atoms in total. The molecule has 0 amide bonds. The first-order valence-electron chi connectivity index (χ1n) is 5.14. The molecule has 1 heterocycles. The lowest BCUT2D eigenvalue weighted by Gasteiger charge is -2.16. The van der Waals surface area contributed by atoms with Crippen molar-refractivity contribution in [3.8, 4) is 11.5 Å². The minimum absolute atomic E-state index is 0.0817. The topological polar surface area (TPSA) is 87.9 Å². The highest BCUT2D eigenvalue weighted by Crippen LogP contribution is 2.35. The van der Waals surface area contributed by atoms with Crippen molar-refractivity contribution in [1.82, 2.24) is 0 Å². The zero-order chi connectivity index (χ0) is 13.1. The van der Waals surface area contributed by atoms with Crippen molar-refractivity contribution in [2.24, 2.45) is 0 Å². The maximum Gasteiger partial charge on any atom is 0.484 e. The van der Waals surface area contributed by atoms with Gasteiger partial charge in [0.2, 0.25) is 0 Å². The highest BCUT2D eigenvalue weighted by atomic mass is 16.7. The number of benzene rings is 1. The van der Waals surface area contributed by atoms with Crippen LogP contribution in [0.15, 0.2) is 35.9 Å². The molecule has 1 aromatic carbocycles. The Bertz CT molecular complexity index is 536. The van der Waals surface area contributed by atoms with Gasteiger partial charge in [-0.1, -0.05) is 12.1 Å². The molecule has 0 bridgehead atoms. The molecule has 0 N–H and O–H groups in total. The molecule has 0 radical (unpaired) electrons. The fourth-order valence-corrected chi connectivity index (χ4v) is 1.37. The van der Waals surface area contributed by atoms with Gasteiger partial charge in [-0.15, -0.1) is 0 Å². The molecule has 0 spiro atoms. The van der Waals surface area contributed by atoms with Gasteiger partial charge in [-0.3, -0.25) is 10.1 Å². The van der Waals surface area contributed by atoms with E-state index in [-0.39, 0.29) is 18.1 Å². The van der Waals surface area contributed by atoms with E-state index in [0.29, 0.717) is 0 Å². The van der Waals surface area contributed by atoms with Crippen LogP contribution >= 0.6 is 0 Å². The monoisotopic (exact) mass is 251 g/mol. The molecular weight excluding hydrogens is 242 g/mol. The second-order valence-electron chi connectivity index (χ2n) is 3.26. The van der Waals surface area contributed by atoms with Gasteiger partial charge in [0.25, 0.3) is 0 Å². The van der Waals surface area contributed by atoms with Crippen molar-refractivity contribution in [2.45, 2.75) is 6.92 Å². The number of nitrogens with zero attached hydrogens (tertiary/aromatic N) is 1. The molecule has 0 fully saturated rings. The molecule has 1 aliphatic heterocycles. The standard InChI is InChI=1S/C11H9NO6/c1-2-16-11(13)9-10(12(14)15)18-8-6-4-3-5-7(8)17-9/h3-6H,2H2,1H3. The number of hydrogen-bond donors (Lipinski definition) is 0. The minimum atomic E-state index is -0.932. The number of para-hydroxylation sites is 2. The molecule has 0 aliphatic carbocycles. The Morgan fingerprint density at radius 1 is 1.33 bits per heavy atom. The number of ether oxygens (including phenoxy) is 3. The van der Waals surface area contributed by atoms with Gasteiger partial charge >= 0.3 is 17.6 Å². The predicted octanol–water partition coefficient (Wildman–Crippen LogP) is 1.47. The molecule has 1 aliphatic rings. The number of hydrogen-bond acceptors (Lipinski definition) is 6. The first-order chi connectivity index (χ1) is 8.63. The second-order valence-corrected chi connectivity index (χ2v) is 3.26. The lowest BCUT2D eigenvalue weighted by molar-refractivity contribution is -0.457. The average molecular weight is 251 g/mol. The highest BCUT2D eigenvalue weighted by Gasteiger charge is 2.36. The van der Waals surface area contributed by atoms with E-state index in [0.717, 1.165) is 0 Å². The van der Waals surface area contributed by atoms with E-state index in [1.807, 2.05) is 0 Å². The van der Waals surface area contributed by atoms with E-state index < -0.39 is 22.5 Å².